The number of carbonyl (C=O) groups excluding carboxylic acids is 2. The Morgan fingerprint density at radius 2 is 1.93 bits per heavy atom. The second-order valence-electron chi connectivity index (χ2n) is 6.89. The quantitative estimate of drug-likeness (QED) is 0.583. The number of nitrogens with zero attached hydrogens (tertiary/aromatic N) is 1. The van der Waals surface area contributed by atoms with Crippen LogP contribution in [0.3, 0.4) is 0 Å². The Morgan fingerprint density at radius 1 is 1.17 bits per heavy atom. The first-order valence-electron chi connectivity index (χ1n) is 9.33. The van der Waals surface area contributed by atoms with Gasteiger partial charge < -0.3 is 9.15 Å². The maximum Gasteiger partial charge on any atom is 0.290 e. The van der Waals surface area contributed by atoms with Gasteiger partial charge in [0.15, 0.2) is 0 Å². The predicted octanol–water partition coefficient (Wildman–Crippen LogP) is 5.22. The summed E-state index contributed by atoms with van der Waals surface area (Å²) in [6, 6.07) is 5.94. The van der Waals surface area contributed by atoms with Gasteiger partial charge in [0.05, 0.1) is 11.5 Å². The summed E-state index contributed by atoms with van der Waals surface area (Å²) in [7, 11) is 0. The summed E-state index contributed by atoms with van der Waals surface area (Å²) in [5.41, 5.74) is 4.63. The summed E-state index contributed by atoms with van der Waals surface area (Å²) in [6.07, 6.45) is 6.02. The Bertz CT molecular complexity index is 1140. The number of imide groups is 1. The number of ether oxygens (including phenoxy) is 1. The van der Waals surface area contributed by atoms with Gasteiger partial charge in [0.2, 0.25) is 0 Å². The molecule has 1 N–H and O–H groups in total. The van der Waals surface area contributed by atoms with Crippen molar-refractivity contribution in [1.29, 1.82) is 0 Å². The average Bonchev–Trinajstić information content (AvgIpc) is 3.22. The van der Waals surface area contributed by atoms with E-state index in [-0.39, 0.29) is 5.24 Å². The molecule has 3 aromatic rings. The van der Waals surface area contributed by atoms with Crippen molar-refractivity contribution in [2.24, 2.45) is 0 Å². The highest BCUT2D eigenvalue weighted by Crippen LogP contribution is 2.35. The lowest BCUT2D eigenvalue weighted by molar-refractivity contribution is -0.115. The molecule has 0 atom stereocenters. The average molecular weight is 408 g/mol. The minimum Gasteiger partial charge on any atom is -0.493 e. The third-order valence-electron chi connectivity index (χ3n) is 4.58. The van der Waals surface area contributed by atoms with Gasteiger partial charge in [0, 0.05) is 29.4 Å². The molecule has 4 rings (SSSR count). The Hall–Kier alpha value is -3.06. The lowest BCUT2D eigenvalue weighted by Crippen LogP contribution is -2.17. The van der Waals surface area contributed by atoms with Crippen molar-refractivity contribution >= 4 is 40.0 Å². The van der Waals surface area contributed by atoms with Crippen molar-refractivity contribution in [3.63, 3.8) is 0 Å². The Labute approximate surface area is 172 Å². The fraction of sp³-hybridized carbons (Fsp3) is 0.227. The molecule has 1 aliphatic rings. The number of pyridine rings is 1. The van der Waals surface area contributed by atoms with Crippen molar-refractivity contribution in [1.82, 2.24) is 10.3 Å². The number of fused-ring (bicyclic) bond motifs is 1. The standard InChI is InChI=1S/C22H20N2O4S/c1-4-5-27-19-12(2)6-14(7-13(19)3)17-11-23-10-15-8-16(28-20(15)17)9-18-21(25)24-22(26)29-18/h6-11H,4-5H2,1-3H3,(H,24,25,26). The Morgan fingerprint density at radius 3 is 2.59 bits per heavy atom. The van der Waals surface area contributed by atoms with Crippen molar-refractivity contribution in [3.8, 4) is 16.9 Å². The van der Waals surface area contributed by atoms with Gasteiger partial charge in [-0.1, -0.05) is 6.92 Å². The van der Waals surface area contributed by atoms with Crippen molar-refractivity contribution in [3.05, 3.63) is 52.4 Å². The molecule has 29 heavy (non-hydrogen) atoms. The molecule has 148 valence electrons. The summed E-state index contributed by atoms with van der Waals surface area (Å²) in [5, 5.41) is 2.69. The van der Waals surface area contributed by atoms with E-state index in [0.29, 0.717) is 22.9 Å². The van der Waals surface area contributed by atoms with E-state index < -0.39 is 5.91 Å². The first-order valence-corrected chi connectivity index (χ1v) is 10.1. The van der Waals surface area contributed by atoms with E-state index >= 15 is 0 Å². The molecule has 0 saturated carbocycles. The number of thioether (sulfide) groups is 1. The molecule has 2 aromatic heterocycles. The minimum absolute atomic E-state index is 0.313. The highest BCUT2D eigenvalue weighted by Gasteiger charge is 2.25. The molecule has 1 saturated heterocycles. The number of aromatic nitrogens is 1. The van der Waals surface area contributed by atoms with E-state index in [9.17, 15) is 9.59 Å². The van der Waals surface area contributed by atoms with Gasteiger partial charge in [0.25, 0.3) is 11.1 Å². The second kappa shape index (κ2) is 7.75. The highest BCUT2D eigenvalue weighted by molar-refractivity contribution is 8.18. The van der Waals surface area contributed by atoms with Crippen LogP contribution in [-0.2, 0) is 4.79 Å². The van der Waals surface area contributed by atoms with E-state index in [1.165, 1.54) is 0 Å². The van der Waals surface area contributed by atoms with Crippen LogP contribution in [0.2, 0.25) is 0 Å². The maximum atomic E-state index is 11.8. The van der Waals surface area contributed by atoms with Crippen LogP contribution in [0.5, 0.6) is 5.75 Å². The van der Waals surface area contributed by atoms with Crippen LogP contribution in [0, 0.1) is 13.8 Å². The number of nitrogens with one attached hydrogen (secondary N) is 1. The van der Waals surface area contributed by atoms with Crippen LogP contribution >= 0.6 is 11.8 Å². The Kier molecular flexibility index (Phi) is 5.15. The van der Waals surface area contributed by atoms with Crippen LogP contribution in [0.1, 0.15) is 30.2 Å². The van der Waals surface area contributed by atoms with Crippen LogP contribution in [0.4, 0.5) is 4.79 Å². The fourth-order valence-electron chi connectivity index (χ4n) is 3.35. The number of hydrogen-bond acceptors (Lipinski definition) is 6. The number of aryl methyl sites for hydroxylation is 2. The molecular formula is C22H20N2O4S. The van der Waals surface area contributed by atoms with E-state index in [2.05, 4.69) is 29.4 Å². The number of amides is 2. The topological polar surface area (TPSA) is 81.4 Å². The predicted molar refractivity (Wildman–Crippen MR) is 114 cm³/mol. The molecule has 6 nitrogen and oxygen atoms in total. The molecule has 0 unspecified atom stereocenters. The zero-order chi connectivity index (χ0) is 20.5. The molecule has 1 aliphatic heterocycles. The number of carbonyl (C=O) groups is 2. The zero-order valence-corrected chi connectivity index (χ0v) is 17.2. The van der Waals surface area contributed by atoms with E-state index in [1.54, 1.807) is 18.5 Å². The first kappa shape index (κ1) is 19.3. The number of rotatable bonds is 5. The number of furan rings is 1. The van der Waals surface area contributed by atoms with Crippen LogP contribution in [0.15, 0.2) is 39.9 Å². The molecule has 0 spiro atoms. The van der Waals surface area contributed by atoms with Gasteiger partial charge in [0.1, 0.15) is 17.1 Å². The van der Waals surface area contributed by atoms with Gasteiger partial charge in [-0.25, -0.2) is 0 Å². The largest absolute Gasteiger partial charge is 0.493 e. The summed E-state index contributed by atoms with van der Waals surface area (Å²) in [4.78, 5) is 27.8. The third kappa shape index (κ3) is 3.78. The Balaban J connectivity index is 1.76. The summed E-state index contributed by atoms with van der Waals surface area (Å²) in [6.45, 7) is 6.82. The van der Waals surface area contributed by atoms with E-state index in [4.69, 9.17) is 9.15 Å². The normalized spacial score (nSPS) is 15.3. The fourth-order valence-corrected chi connectivity index (χ4v) is 4.01. The molecule has 7 heteroatoms. The lowest BCUT2D eigenvalue weighted by atomic mass is 10.00. The smallest absolute Gasteiger partial charge is 0.290 e. The molecule has 0 bridgehead atoms. The SMILES string of the molecule is CCCOc1c(C)cc(-c2cncc3cc(C=C4SC(=O)NC4=O)oc23)cc1C. The minimum atomic E-state index is -0.410. The molecular weight excluding hydrogens is 388 g/mol. The van der Waals surface area contributed by atoms with E-state index in [0.717, 1.165) is 51.6 Å². The van der Waals surface area contributed by atoms with Crippen LogP contribution in [-0.4, -0.2) is 22.7 Å². The molecule has 0 aliphatic carbocycles. The maximum absolute atomic E-state index is 11.8. The van der Waals surface area contributed by atoms with Gasteiger partial charge >= 0.3 is 0 Å². The van der Waals surface area contributed by atoms with Gasteiger partial charge in [-0.3, -0.25) is 19.9 Å². The monoisotopic (exact) mass is 408 g/mol. The summed E-state index contributed by atoms with van der Waals surface area (Å²) in [5.74, 6) is 1.00. The van der Waals surface area contributed by atoms with Crippen molar-refractivity contribution in [2.75, 3.05) is 6.61 Å². The first-order chi connectivity index (χ1) is 14.0. The van der Waals surface area contributed by atoms with E-state index in [1.807, 2.05) is 19.9 Å². The number of hydrogen-bond donors (Lipinski definition) is 1. The zero-order valence-electron chi connectivity index (χ0n) is 16.4. The number of benzene rings is 1. The summed E-state index contributed by atoms with van der Waals surface area (Å²) >= 11 is 0.863. The second-order valence-corrected chi connectivity index (χ2v) is 7.91. The lowest BCUT2D eigenvalue weighted by Gasteiger charge is -2.13. The highest BCUT2D eigenvalue weighted by atomic mass is 32.2. The van der Waals surface area contributed by atoms with Crippen molar-refractivity contribution < 1.29 is 18.7 Å². The summed E-state index contributed by atoms with van der Waals surface area (Å²) < 4.78 is 11.9. The third-order valence-corrected chi connectivity index (χ3v) is 5.39. The molecule has 1 fully saturated rings. The van der Waals surface area contributed by atoms with Gasteiger partial charge in [-0.15, -0.1) is 0 Å². The molecule has 3 heterocycles. The van der Waals surface area contributed by atoms with Gasteiger partial charge in [-0.2, -0.15) is 0 Å². The van der Waals surface area contributed by atoms with Crippen LogP contribution in [0.25, 0.3) is 28.2 Å². The van der Waals surface area contributed by atoms with Crippen LogP contribution < -0.4 is 10.1 Å². The van der Waals surface area contributed by atoms with Crippen molar-refractivity contribution in [2.45, 2.75) is 27.2 Å². The van der Waals surface area contributed by atoms with Gasteiger partial charge in [-0.05, 0) is 66.9 Å². The molecule has 0 radical (unpaired) electrons. The molecule has 1 aromatic carbocycles. The molecule has 2 amide bonds.